The first-order chi connectivity index (χ1) is 22.3. The van der Waals surface area contributed by atoms with Crippen LogP contribution in [0.25, 0.3) is 0 Å². The zero-order valence-electron chi connectivity index (χ0n) is 25.1. The Morgan fingerprint density at radius 2 is 1.41 bits per heavy atom. The first-order valence-electron chi connectivity index (χ1n) is 15.4. The topological polar surface area (TPSA) is 107 Å². The van der Waals surface area contributed by atoms with Crippen molar-refractivity contribution in [3.8, 4) is 5.75 Å². The van der Waals surface area contributed by atoms with E-state index in [-0.39, 0.29) is 58.3 Å². The Labute approximate surface area is 265 Å². The molecule has 1 aliphatic heterocycles. The van der Waals surface area contributed by atoms with Gasteiger partial charge in [-0.15, -0.1) is 0 Å². The number of carbonyl (C=O) groups is 5. The van der Waals surface area contributed by atoms with E-state index in [0.29, 0.717) is 11.3 Å². The maximum absolute atomic E-state index is 13.7. The van der Waals surface area contributed by atoms with Crippen molar-refractivity contribution in [2.75, 3.05) is 11.5 Å². The van der Waals surface area contributed by atoms with Gasteiger partial charge in [0.15, 0.2) is 12.4 Å². The molecule has 3 aliphatic rings. The molecule has 230 valence electrons. The number of imide groups is 1. The van der Waals surface area contributed by atoms with Crippen LogP contribution in [0.4, 0.5) is 5.69 Å². The number of amides is 2. The van der Waals surface area contributed by atoms with Gasteiger partial charge < -0.3 is 9.47 Å². The third-order valence-corrected chi connectivity index (χ3v) is 9.59. The molecule has 0 N–H and O–H groups in total. The molecule has 46 heavy (non-hydrogen) atoms. The normalized spacial score (nSPS) is 22.9. The predicted molar refractivity (Wildman–Crippen MR) is 169 cm³/mol. The Bertz CT molecular complexity index is 1850. The fraction of sp³-hybridized carbons (Fsp3) is 0.237. The van der Waals surface area contributed by atoms with Crippen LogP contribution in [0, 0.1) is 30.6 Å². The number of esters is 2. The first-order valence-corrected chi connectivity index (χ1v) is 15.4. The minimum atomic E-state index is -0.748. The van der Waals surface area contributed by atoms with E-state index < -0.39 is 24.3 Å². The second kappa shape index (κ2) is 11.9. The fourth-order valence-corrected chi connectivity index (χ4v) is 7.43. The van der Waals surface area contributed by atoms with Crippen LogP contribution in [0.5, 0.6) is 5.75 Å². The lowest BCUT2D eigenvalue weighted by molar-refractivity contribution is -0.123. The third kappa shape index (κ3) is 5.30. The van der Waals surface area contributed by atoms with Gasteiger partial charge in [-0.2, -0.15) is 0 Å². The van der Waals surface area contributed by atoms with Crippen molar-refractivity contribution >= 4 is 35.2 Å². The highest BCUT2D eigenvalue weighted by Gasteiger charge is 2.64. The zero-order chi connectivity index (χ0) is 31.9. The summed E-state index contributed by atoms with van der Waals surface area (Å²) in [7, 11) is 0. The number of anilines is 1. The molecule has 8 heteroatoms. The van der Waals surface area contributed by atoms with Crippen LogP contribution in [0.1, 0.15) is 61.0 Å². The van der Waals surface area contributed by atoms with E-state index in [9.17, 15) is 24.0 Å². The second-order valence-corrected chi connectivity index (χ2v) is 12.3. The minimum Gasteiger partial charge on any atom is -0.454 e. The van der Waals surface area contributed by atoms with Gasteiger partial charge in [-0.3, -0.25) is 19.3 Å². The fourth-order valence-electron chi connectivity index (χ4n) is 7.43. The van der Waals surface area contributed by atoms with E-state index >= 15 is 0 Å². The summed E-state index contributed by atoms with van der Waals surface area (Å²) in [6.45, 7) is 1.41. The van der Waals surface area contributed by atoms with Crippen LogP contribution in [0.2, 0.25) is 0 Å². The molecule has 8 nitrogen and oxygen atoms in total. The number of ether oxygens (including phenoxy) is 2. The van der Waals surface area contributed by atoms with Gasteiger partial charge in [0.25, 0.3) is 0 Å². The maximum atomic E-state index is 13.7. The van der Waals surface area contributed by atoms with Gasteiger partial charge in [0, 0.05) is 5.56 Å². The van der Waals surface area contributed by atoms with Crippen LogP contribution >= 0.6 is 0 Å². The van der Waals surface area contributed by atoms with Crippen LogP contribution in [-0.2, 0) is 14.3 Å². The van der Waals surface area contributed by atoms with Crippen molar-refractivity contribution in [1.82, 2.24) is 0 Å². The lowest BCUT2D eigenvalue weighted by Crippen LogP contribution is -2.33. The van der Waals surface area contributed by atoms with E-state index in [1.54, 1.807) is 24.3 Å². The number of ketones is 1. The minimum absolute atomic E-state index is 0.118. The summed E-state index contributed by atoms with van der Waals surface area (Å²) in [5, 5.41) is 0. The van der Waals surface area contributed by atoms with Crippen LogP contribution in [-0.4, -0.2) is 36.1 Å². The number of aryl methyl sites for hydroxylation is 1. The number of benzene rings is 4. The summed E-state index contributed by atoms with van der Waals surface area (Å²) >= 11 is 0. The lowest BCUT2D eigenvalue weighted by atomic mass is 9.73. The molecule has 0 aromatic heterocycles. The summed E-state index contributed by atoms with van der Waals surface area (Å²) in [5.74, 6) is -2.00. The van der Waals surface area contributed by atoms with Gasteiger partial charge in [0.2, 0.25) is 11.8 Å². The number of rotatable bonds is 8. The Kier molecular flexibility index (Phi) is 7.56. The van der Waals surface area contributed by atoms with Gasteiger partial charge in [-0.1, -0.05) is 54.1 Å². The lowest BCUT2D eigenvalue weighted by Gasteiger charge is -2.28. The van der Waals surface area contributed by atoms with E-state index in [0.717, 1.165) is 18.4 Å². The molecule has 7 rings (SSSR count). The molecule has 2 amide bonds. The largest absolute Gasteiger partial charge is 0.454 e. The van der Waals surface area contributed by atoms with Crippen LogP contribution in [0.3, 0.4) is 0 Å². The molecule has 4 aromatic rings. The molecular formula is C38H31NO7. The molecule has 1 saturated heterocycles. The standard InChI is InChI=1S/C38H31NO7/c1-22-10-12-25(13-11-22)38(44)46-29-16-14-24(15-17-29)32(40)21-45-37(43)26-8-5-9-28(18-26)39-35(41)33-27-19-30(23-6-3-2-4-7-23)31(20-27)34(33)36(39)42/h2-18,27,30-31,33-34H,19-21H2,1H3/t27-,30+,31+,33+,34+/m0/s1. The quantitative estimate of drug-likeness (QED) is 0.101. The molecule has 3 fully saturated rings. The molecule has 4 aromatic carbocycles. The van der Waals surface area contributed by atoms with Crippen molar-refractivity contribution in [3.63, 3.8) is 0 Å². The highest BCUT2D eigenvalue weighted by molar-refractivity contribution is 6.23. The van der Waals surface area contributed by atoms with Crippen LogP contribution < -0.4 is 9.64 Å². The molecule has 2 bridgehead atoms. The molecular weight excluding hydrogens is 582 g/mol. The number of fused-ring (bicyclic) bond motifs is 5. The van der Waals surface area contributed by atoms with E-state index in [4.69, 9.17) is 9.47 Å². The molecule has 0 radical (unpaired) electrons. The number of hydrogen-bond acceptors (Lipinski definition) is 7. The average Bonchev–Trinajstić information content (AvgIpc) is 3.75. The SMILES string of the molecule is Cc1ccc(C(=O)Oc2ccc(C(=O)COC(=O)c3cccc(N4C(=O)[C@@H]5[C@@H]6C[C@@H]([C@H]5C4=O)[C@@H](c4ccccc4)C6)c3)cc2)cc1. The Hall–Kier alpha value is -5.37. The van der Waals surface area contributed by atoms with Gasteiger partial charge >= 0.3 is 11.9 Å². The van der Waals surface area contributed by atoms with E-state index in [1.807, 2.05) is 37.3 Å². The summed E-state index contributed by atoms with van der Waals surface area (Å²) < 4.78 is 10.7. The monoisotopic (exact) mass is 613 g/mol. The van der Waals surface area contributed by atoms with Gasteiger partial charge in [0.05, 0.1) is 28.7 Å². The summed E-state index contributed by atoms with van der Waals surface area (Å²) in [6.07, 6.45) is 1.77. The summed E-state index contributed by atoms with van der Waals surface area (Å²) in [6, 6.07) is 29.4. The van der Waals surface area contributed by atoms with E-state index in [2.05, 4.69) is 12.1 Å². The van der Waals surface area contributed by atoms with E-state index in [1.165, 1.54) is 46.9 Å². The maximum Gasteiger partial charge on any atom is 0.343 e. The van der Waals surface area contributed by atoms with Gasteiger partial charge in [-0.25, -0.2) is 9.59 Å². The summed E-state index contributed by atoms with van der Waals surface area (Å²) in [4.78, 5) is 66.6. The summed E-state index contributed by atoms with van der Waals surface area (Å²) in [5.41, 5.74) is 3.38. The van der Waals surface area contributed by atoms with Gasteiger partial charge in [0.1, 0.15) is 5.75 Å². The second-order valence-electron chi connectivity index (χ2n) is 12.3. The van der Waals surface area contributed by atoms with Crippen molar-refractivity contribution in [2.24, 2.45) is 23.7 Å². The average molecular weight is 614 g/mol. The van der Waals surface area contributed by atoms with Crippen molar-refractivity contribution in [1.29, 1.82) is 0 Å². The Morgan fingerprint density at radius 3 is 2.15 bits per heavy atom. The molecule has 2 aliphatic carbocycles. The molecule has 5 atom stereocenters. The van der Waals surface area contributed by atoms with Crippen LogP contribution in [0.15, 0.2) is 103 Å². The molecule has 0 unspecified atom stereocenters. The predicted octanol–water partition coefficient (Wildman–Crippen LogP) is 6.18. The van der Waals surface area contributed by atoms with Crippen molar-refractivity contribution < 1.29 is 33.4 Å². The number of carbonyl (C=O) groups excluding carboxylic acids is 5. The molecule has 2 saturated carbocycles. The Balaban J connectivity index is 0.977. The smallest absolute Gasteiger partial charge is 0.343 e. The van der Waals surface area contributed by atoms with Gasteiger partial charge in [-0.05, 0) is 97.7 Å². The zero-order valence-corrected chi connectivity index (χ0v) is 25.1. The Morgan fingerprint density at radius 1 is 0.717 bits per heavy atom. The third-order valence-electron chi connectivity index (χ3n) is 9.59. The molecule has 0 spiro atoms. The highest BCUT2D eigenvalue weighted by Crippen LogP contribution is 2.61. The number of Topliss-reactive ketones (excluding diaryl/α,β-unsaturated/α-hetero) is 1. The first kappa shape index (κ1) is 29.3. The number of hydrogen-bond donors (Lipinski definition) is 0. The van der Waals surface area contributed by atoms with Crippen molar-refractivity contribution in [3.05, 3.63) is 131 Å². The van der Waals surface area contributed by atoms with Crippen molar-refractivity contribution in [2.45, 2.75) is 25.7 Å². The number of nitrogens with zero attached hydrogens (tertiary/aromatic N) is 1. The highest BCUT2D eigenvalue weighted by atomic mass is 16.5. The molecule has 1 heterocycles.